The molecular weight excluding hydrogens is 358 g/mol. The Labute approximate surface area is 167 Å². The fourth-order valence-electron chi connectivity index (χ4n) is 3.48. The van der Waals surface area contributed by atoms with Crippen molar-refractivity contribution in [3.8, 4) is 0 Å². The molecule has 27 heavy (non-hydrogen) atoms. The maximum absolute atomic E-state index is 12.4. The number of carbonyl (C=O) groups is 1. The van der Waals surface area contributed by atoms with Crippen LogP contribution in [0.2, 0.25) is 5.02 Å². The van der Waals surface area contributed by atoms with Crippen molar-refractivity contribution in [3.63, 3.8) is 0 Å². The third kappa shape index (κ3) is 5.72. The Morgan fingerprint density at radius 3 is 2.44 bits per heavy atom. The molecule has 1 amide bonds. The molecule has 0 saturated carbocycles. The quantitative estimate of drug-likeness (QED) is 0.765. The second-order valence-corrected chi connectivity index (χ2v) is 7.40. The Hall–Kier alpha value is -2.04. The van der Waals surface area contributed by atoms with Gasteiger partial charge in [0.05, 0.1) is 11.4 Å². The Morgan fingerprint density at radius 2 is 1.74 bits per heavy atom. The second-order valence-electron chi connectivity index (χ2n) is 6.97. The van der Waals surface area contributed by atoms with E-state index in [0.29, 0.717) is 6.42 Å². The van der Waals surface area contributed by atoms with Crippen LogP contribution in [0.4, 0.5) is 11.4 Å². The maximum Gasteiger partial charge on any atom is 0.224 e. The van der Waals surface area contributed by atoms with Crippen molar-refractivity contribution in [3.05, 3.63) is 59.1 Å². The predicted octanol–water partition coefficient (Wildman–Crippen LogP) is 4.44. The molecule has 1 fully saturated rings. The fraction of sp³-hybridized carbons (Fsp3) is 0.409. The topological polar surface area (TPSA) is 35.6 Å². The van der Waals surface area contributed by atoms with Crippen LogP contribution < -0.4 is 10.2 Å². The van der Waals surface area contributed by atoms with Gasteiger partial charge in [-0.25, -0.2) is 0 Å². The summed E-state index contributed by atoms with van der Waals surface area (Å²) in [5.74, 6) is 0.0728. The molecule has 3 rings (SSSR count). The summed E-state index contributed by atoms with van der Waals surface area (Å²) in [5.41, 5.74) is 3.25. The zero-order valence-electron chi connectivity index (χ0n) is 16.0. The van der Waals surface area contributed by atoms with Gasteiger partial charge in [-0.3, -0.25) is 4.79 Å². The molecule has 0 aliphatic carbocycles. The first kappa shape index (κ1) is 19.7. The summed E-state index contributed by atoms with van der Waals surface area (Å²) >= 11 is 5.91. The van der Waals surface area contributed by atoms with Crippen LogP contribution in [0.5, 0.6) is 0 Å². The van der Waals surface area contributed by atoms with Gasteiger partial charge in [-0.1, -0.05) is 42.8 Å². The Bertz CT molecular complexity index is 739. The second kappa shape index (κ2) is 9.77. The smallest absolute Gasteiger partial charge is 0.224 e. The summed E-state index contributed by atoms with van der Waals surface area (Å²) in [6.45, 7) is 7.43. The summed E-state index contributed by atoms with van der Waals surface area (Å²) in [6, 6.07) is 15.9. The minimum absolute atomic E-state index is 0.0728. The number of nitrogens with zero attached hydrogens (tertiary/aromatic N) is 2. The van der Waals surface area contributed by atoms with Gasteiger partial charge in [-0.15, -0.1) is 0 Å². The highest BCUT2D eigenvalue weighted by Gasteiger charge is 2.18. The molecule has 1 N–H and O–H groups in total. The minimum Gasteiger partial charge on any atom is -0.367 e. The lowest BCUT2D eigenvalue weighted by Crippen LogP contribution is -2.46. The van der Waals surface area contributed by atoms with Crippen LogP contribution >= 0.6 is 11.6 Å². The van der Waals surface area contributed by atoms with Gasteiger partial charge in [-0.2, -0.15) is 0 Å². The molecular formula is C22H28ClN3O. The summed E-state index contributed by atoms with van der Waals surface area (Å²) in [5, 5.41) is 3.86. The number of amides is 1. The molecule has 2 aromatic carbocycles. The van der Waals surface area contributed by atoms with Crippen molar-refractivity contribution in [2.24, 2.45) is 0 Å². The first-order valence-electron chi connectivity index (χ1n) is 9.76. The Morgan fingerprint density at radius 1 is 1.04 bits per heavy atom. The van der Waals surface area contributed by atoms with E-state index >= 15 is 0 Å². The highest BCUT2D eigenvalue weighted by molar-refractivity contribution is 6.30. The van der Waals surface area contributed by atoms with Gasteiger partial charge in [0.25, 0.3) is 0 Å². The van der Waals surface area contributed by atoms with Gasteiger partial charge >= 0.3 is 0 Å². The van der Waals surface area contributed by atoms with E-state index < -0.39 is 0 Å². The average Bonchev–Trinajstić information content (AvgIpc) is 2.70. The van der Waals surface area contributed by atoms with Crippen molar-refractivity contribution >= 4 is 28.9 Å². The zero-order valence-corrected chi connectivity index (χ0v) is 16.7. The average molecular weight is 386 g/mol. The molecule has 5 heteroatoms. The van der Waals surface area contributed by atoms with E-state index in [1.807, 2.05) is 42.5 Å². The van der Waals surface area contributed by atoms with Crippen molar-refractivity contribution in [2.75, 3.05) is 42.9 Å². The summed E-state index contributed by atoms with van der Waals surface area (Å²) in [6.07, 6.45) is 2.22. The number of para-hydroxylation sites is 2. The molecule has 0 aromatic heterocycles. The fourth-order valence-corrected chi connectivity index (χ4v) is 3.60. The molecule has 4 nitrogen and oxygen atoms in total. The number of hydrogen-bond donors (Lipinski definition) is 1. The van der Waals surface area contributed by atoms with Crippen molar-refractivity contribution in [2.45, 2.75) is 26.2 Å². The van der Waals surface area contributed by atoms with E-state index in [1.54, 1.807) is 0 Å². The van der Waals surface area contributed by atoms with Gasteiger partial charge in [0.15, 0.2) is 0 Å². The van der Waals surface area contributed by atoms with Crippen molar-refractivity contribution in [1.29, 1.82) is 0 Å². The predicted molar refractivity (Wildman–Crippen MR) is 114 cm³/mol. The van der Waals surface area contributed by atoms with Crippen LogP contribution in [0, 0.1) is 0 Å². The zero-order chi connectivity index (χ0) is 19.1. The third-order valence-electron chi connectivity index (χ3n) is 5.12. The number of aryl methyl sites for hydroxylation is 1. The SMILES string of the molecule is CCN1CCN(c2ccccc2NC(=O)CCCc2ccc(Cl)cc2)CC1. The van der Waals surface area contributed by atoms with E-state index in [2.05, 4.69) is 28.1 Å². The lowest BCUT2D eigenvalue weighted by molar-refractivity contribution is -0.116. The van der Waals surface area contributed by atoms with E-state index in [1.165, 1.54) is 5.56 Å². The largest absolute Gasteiger partial charge is 0.367 e. The maximum atomic E-state index is 12.4. The van der Waals surface area contributed by atoms with E-state index in [4.69, 9.17) is 11.6 Å². The molecule has 144 valence electrons. The van der Waals surface area contributed by atoms with Crippen LogP contribution in [0.15, 0.2) is 48.5 Å². The standard InChI is InChI=1S/C22H28ClN3O/c1-2-25-14-16-26(17-15-25)21-8-4-3-7-20(21)24-22(27)9-5-6-18-10-12-19(23)13-11-18/h3-4,7-8,10-13H,2,5-6,9,14-17H2,1H3,(H,24,27). The summed E-state index contributed by atoms with van der Waals surface area (Å²) in [7, 11) is 0. The molecule has 1 saturated heterocycles. The first-order valence-corrected chi connectivity index (χ1v) is 10.1. The monoisotopic (exact) mass is 385 g/mol. The van der Waals surface area contributed by atoms with Crippen LogP contribution in [0.3, 0.4) is 0 Å². The molecule has 0 bridgehead atoms. The van der Waals surface area contributed by atoms with Crippen molar-refractivity contribution < 1.29 is 4.79 Å². The number of benzene rings is 2. The molecule has 0 unspecified atom stereocenters. The van der Waals surface area contributed by atoms with Gasteiger partial charge in [0, 0.05) is 37.6 Å². The van der Waals surface area contributed by atoms with Gasteiger partial charge in [0.2, 0.25) is 5.91 Å². The first-order chi connectivity index (χ1) is 13.2. The molecule has 1 heterocycles. The van der Waals surface area contributed by atoms with Gasteiger partial charge in [0.1, 0.15) is 0 Å². The Balaban J connectivity index is 1.52. The number of carbonyl (C=O) groups excluding carboxylic acids is 1. The summed E-state index contributed by atoms with van der Waals surface area (Å²) < 4.78 is 0. The molecule has 2 aromatic rings. The number of halogens is 1. The van der Waals surface area contributed by atoms with Crippen LogP contribution in [-0.4, -0.2) is 43.5 Å². The molecule has 1 aliphatic heterocycles. The highest BCUT2D eigenvalue weighted by atomic mass is 35.5. The number of piperazine rings is 1. The number of hydrogen-bond acceptors (Lipinski definition) is 3. The van der Waals surface area contributed by atoms with Crippen LogP contribution in [0.25, 0.3) is 0 Å². The van der Waals surface area contributed by atoms with E-state index in [9.17, 15) is 4.79 Å². The van der Waals surface area contributed by atoms with E-state index in [-0.39, 0.29) is 5.91 Å². The lowest BCUT2D eigenvalue weighted by Gasteiger charge is -2.36. The lowest BCUT2D eigenvalue weighted by atomic mass is 10.1. The number of rotatable bonds is 7. The third-order valence-corrected chi connectivity index (χ3v) is 5.37. The minimum atomic E-state index is 0.0728. The van der Waals surface area contributed by atoms with Gasteiger partial charge < -0.3 is 15.1 Å². The van der Waals surface area contributed by atoms with E-state index in [0.717, 1.165) is 62.0 Å². The molecule has 0 atom stereocenters. The molecule has 1 aliphatic rings. The Kier molecular flexibility index (Phi) is 7.13. The van der Waals surface area contributed by atoms with Crippen LogP contribution in [-0.2, 0) is 11.2 Å². The normalized spacial score (nSPS) is 15.0. The highest BCUT2D eigenvalue weighted by Crippen LogP contribution is 2.27. The molecule has 0 radical (unpaired) electrons. The number of nitrogens with one attached hydrogen (secondary N) is 1. The van der Waals surface area contributed by atoms with Crippen molar-refractivity contribution in [1.82, 2.24) is 4.90 Å². The number of likely N-dealkylation sites (N-methyl/N-ethyl adjacent to an activating group) is 1. The molecule has 0 spiro atoms. The number of anilines is 2. The van der Waals surface area contributed by atoms with Gasteiger partial charge in [-0.05, 0) is 49.2 Å². The van der Waals surface area contributed by atoms with Crippen LogP contribution in [0.1, 0.15) is 25.3 Å². The summed E-state index contributed by atoms with van der Waals surface area (Å²) in [4.78, 5) is 17.3.